The van der Waals surface area contributed by atoms with E-state index in [-0.39, 0.29) is 30.6 Å². The van der Waals surface area contributed by atoms with Crippen LogP contribution in [0, 0.1) is 5.92 Å². The molecule has 0 spiro atoms. The number of amides is 1. The molecule has 0 bridgehead atoms. The summed E-state index contributed by atoms with van der Waals surface area (Å²) in [5, 5.41) is 2.49. The van der Waals surface area contributed by atoms with Gasteiger partial charge in [0.25, 0.3) is 0 Å². The average Bonchev–Trinajstić information content (AvgIpc) is 2.41. The van der Waals surface area contributed by atoms with Gasteiger partial charge < -0.3 is 10.1 Å². The summed E-state index contributed by atoms with van der Waals surface area (Å²) in [5.74, 6) is 0.0455. The first kappa shape index (κ1) is 10.4. The van der Waals surface area contributed by atoms with Crippen LogP contribution < -0.4 is 5.32 Å². The van der Waals surface area contributed by atoms with Crippen molar-refractivity contribution < 1.29 is 13.9 Å². The largest absolute Gasteiger partial charge is 0.365 e. The lowest BCUT2D eigenvalue weighted by molar-refractivity contribution is -0.133. The molecule has 1 N–H and O–H groups in total. The number of hydrogen-bond donors (Lipinski definition) is 1. The minimum absolute atomic E-state index is 0.0831. The van der Waals surface area contributed by atoms with E-state index in [0.717, 1.165) is 6.42 Å². The van der Waals surface area contributed by atoms with Crippen molar-refractivity contribution in [2.24, 2.45) is 5.92 Å². The minimum atomic E-state index is -0.525. The maximum atomic E-state index is 11.8. The Hall–Kier alpha value is -0.640. The third kappa shape index (κ3) is 2.66. The van der Waals surface area contributed by atoms with Crippen molar-refractivity contribution in [3.63, 3.8) is 0 Å². The molecule has 76 valence electrons. The first-order chi connectivity index (χ1) is 6.15. The van der Waals surface area contributed by atoms with Gasteiger partial charge in [0.15, 0.2) is 0 Å². The van der Waals surface area contributed by atoms with Crippen LogP contribution in [0.3, 0.4) is 0 Å². The van der Waals surface area contributed by atoms with Crippen LogP contribution in [-0.2, 0) is 9.53 Å². The Balaban J connectivity index is 2.38. The molecule has 1 amide bonds. The predicted molar refractivity (Wildman–Crippen MR) is 47.1 cm³/mol. The standard InChI is InChI=1S/C9H16FNO2/c1-6-5-7(2)13-8(6)9(12)11-4-3-10/h6-8H,3-5H2,1-2H3,(H,11,12). The van der Waals surface area contributed by atoms with Gasteiger partial charge >= 0.3 is 0 Å². The summed E-state index contributed by atoms with van der Waals surface area (Å²) < 4.78 is 17.2. The van der Waals surface area contributed by atoms with E-state index in [1.165, 1.54) is 0 Å². The molecule has 1 heterocycles. The first-order valence-corrected chi connectivity index (χ1v) is 4.64. The molecule has 1 fully saturated rings. The summed E-state index contributed by atoms with van der Waals surface area (Å²) in [5.41, 5.74) is 0. The van der Waals surface area contributed by atoms with Gasteiger partial charge in [-0.15, -0.1) is 0 Å². The van der Waals surface area contributed by atoms with E-state index in [1.807, 2.05) is 13.8 Å². The van der Waals surface area contributed by atoms with Gasteiger partial charge in [0.1, 0.15) is 12.8 Å². The fourth-order valence-corrected chi connectivity index (χ4v) is 1.68. The lowest BCUT2D eigenvalue weighted by Crippen LogP contribution is -2.38. The molecule has 0 radical (unpaired) electrons. The van der Waals surface area contributed by atoms with E-state index in [2.05, 4.69) is 5.32 Å². The van der Waals surface area contributed by atoms with Crippen molar-refractivity contribution in [2.45, 2.75) is 32.5 Å². The number of halogens is 1. The van der Waals surface area contributed by atoms with Crippen molar-refractivity contribution >= 4 is 5.91 Å². The number of alkyl halides is 1. The van der Waals surface area contributed by atoms with Gasteiger partial charge in [-0.1, -0.05) is 6.92 Å². The second kappa shape index (κ2) is 4.56. The quantitative estimate of drug-likeness (QED) is 0.716. The van der Waals surface area contributed by atoms with Gasteiger partial charge in [-0.2, -0.15) is 0 Å². The Morgan fingerprint density at radius 3 is 2.77 bits per heavy atom. The van der Waals surface area contributed by atoms with E-state index >= 15 is 0 Å². The van der Waals surface area contributed by atoms with Crippen LogP contribution in [0.5, 0.6) is 0 Å². The van der Waals surface area contributed by atoms with Crippen LogP contribution in [0.4, 0.5) is 4.39 Å². The zero-order chi connectivity index (χ0) is 9.84. The van der Waals surface area contributed by atoms with Crippen LogP contribution in [0.15, 0.2) is 0 Å². The Morgan fingerprint density at radius 2 is 2.31 bits per heavy atom. The summed E-state index contributed by atoms with van der Waals surface area (Å²) in [6, 6.07) is 0. The van der Waals surface area contributed by atoms with Crippen molar-refractivity contribution in [3.8, 4) is 0 Å². The Bertz CT molecular complexity index is 186. The molecule has 4 heteroatoms. The lowest BCUT2D eigenvalue weighted by atomic mass is 10.0. The van der Waals surface area contributed by atoms with Crippen LogP contribution in [-0.4, -0.2) is 31.3 Å². The predicted octanol–water partition coefficient (Wildman–Crippen LogP) is 0.886. The molecule has 3 unspecified atom stereocenters. The van der Waals surface area contributed by atoms with Crippen LogP contribution >= 0.6 is 0 Å². The number of hydrogen-bond acceptors (Lipinski definition) is 2. The third-order valence-electron chi connectivity index (χ3n) is 2.25. The molecule has 0 aliphatic carbocycles. The van der Waals surface area contributed by atoms with Gasteiger partial charge in [0.2, 0.25) is 5.91 Å². The number of ether oxygens (including phenoxy) is 1. The highest BCUT2D eigenvalue weighted by Crippen LogP contribution is 2.25. The Labute approximate surface area is 77.6 Å². The fraction of sp³-hybridized carbons (Fsp3) is 0.889. The van der Waals surface area contributed by atoms with Crippen LogP contribution in [0.2, 0.25) is 0 Å². The molecule has 0 saturated carbocycles. The normalized spacial score (nSPS) is 33.3. The SMILES string of the molecule is CC1CC(C)C(C(=O)NCCF)O1. The molecule has 0 aromatic heterocycles. The molecular weight excluding hydrogens is 173 g/mol. The monoisotopic (exact) mass is 189 g/mol. The van der Waals surface area contributed by atoms with Gasteiger partial charge in [0.05, 0.1) is 6.10 Å². The summed E-state index contributed by atoms with van der Waals surface area (Å²) >= 11 is 0. The molecule has 0 aromatic rings. The lowest BCUT2D eigenvalue weighted by Gasteiger charge is -2.13. The maximum Gasteiger partial charge on any atom is 0.249 e. The number of carbonyl (C=O) groups excluding carboxylic acids is 1. The van der Waals surface area contributed by atoms with Crippen molar-refractivity contribution in [3.05, 3.63) is 0 Å². The molecule has 3 atom stereocenters. The molecule has 13 heavy (non-hydrogen) atoms. The topological polar surface area (TPSA) is 38.3 Å². The zero-order valence-electron chi connectivity index (χ0n) is 8.05. The smallest absolute Gasteiger partial charge is 0.249 e. The highest BCUT2D eigenvalue weighted by atomic mass is 19.1. The maximum absolute atomic E-state index is 11.8. The van der Waals surface area contributed by atoms with E-state index in [9.17, 15) is 9.18 Å². The number of carbonyl (C=O) groups is 1. The second-order valence-electron chi connectivity index (χ2n) is 3.56. The number of nitrogens with one attached hydrogen (secondary N) is 1. The van der Waals surface area contributed by atoms with E-state index < -0.39 is 6.67 Å². The first-order valence-electron chi connectivity index (χ1n) is 4.64. The average molecular weight is 189 g/mol. The molecule has 1 aliphatic rings. The minimum Gasteiger partial charge on any atom is -0.365 e. The Morgan fingerprint density at radius 1 is 1.62 bits per heavy atom. The zero-order valence-corrected chi connectivity index (χ0v) is 8.05. The fourth-order valence-electron chi connectivity index (χ4n) is 1.68. The van der Waals surface area contributed by atoms with Crippen LogP contribution in [0.1, 0.15) is 20.3 Å². The highest BCUT2D eigenvalue weighted by Gasteiger charge is 2.34. The van der Waals surface area contributed by atoms with Gasteiger partial charge in [0, 0.05) is 6.54 Å². The highest BCUT2D eigenvalue weighted by molar-refractivity contribution is 5.81. The second-order valence-corrected chi connectivity index (χ2v) is 3.56. The summed E-state index contributed by atoms with van der Waals surface area (Å²) in [6.45, 7) is 3.48. The summed E-state index contributed by atoms with van der Waals surface area (Å²) in [6.07, 6.45) is 0.644. The summed E-state index contributed by atoms with van der Waals surface area (Å²) in [7, 11) is 0. The van der Waals surface area contributed by atoms with Gasteiger partial charge in [-0.3, -0.25) is 4.79 Å². The molecule has 3 nitrogen and oxygen atoms in total. The molecule has 0 aromatic carbocycles. The molecular formula is C9H16FNO2. The third-order valence-corrected chi connectivity index (χ3v) is 2.25. The van der Waals surface area contributed by atoms with E-state index in [4.69, 9.17) is 4.74 Å². The van der Waals surface area contributed by atoms with Crippen molar-refractivity contribution in [1.29, 1.82) is 0 Å². The molecule has 1 rings (SSSR count). The van der Waals surface area contributed by atoms with Crippen molar-refractivity contribution in [2.75, 3.05) is 13.2 Å². The van der Waals surface area contributed by atoms with E-state index in [0.29, 0.717) is 0 Å². The van der Waals surface area contributed by atoms with Crippen LogP contribution in [0.25, 0.3) is 0 Å². The Kier molecular flexibility index (Phi) is 3.66. The summed E-state index contributed by atoms with van der Waals surface area (Å²) in [4.78, 5) is 11.4. The van der Waals surface area contributed by atoms with E-state index in [1.54, 1.807) is 0 Å². The van der Waals surface area contributed by atoms with Gasteiger partial charge in [-0.05, 0) is 19.3 Å². The molecule has 1 saturated heterocycles. The molecule has 1 aliphatic heterocycles. The van der Waals surface area contributed by atoms with Crippen molar-refractivity contribution in [1.82, 2.24) is 5.32 Å². The number of rotatable bonds is 3. The van der Waals surface area contributed by atoms with Gasteiger partial charge in [-0.25, -0.2) is 4.39 Å².